The van der Waals surface area contributed by atoms with E-state index in [0.717, 1.165) is 11.4 Å². The summed E-state index contributed by atoms with van der Waals surface area (Å²) in [4.78, 5) is 10.5. The van der Waals surface area contributed by atoms with Crippen molar-refractivity contribution in [1.29, 1.82) is 0 Å². The Hall–Kier alpha value is -2.17. The summed E-state index contributed by atoms with van der Waals surface area (Å²) < 4.78 is 1.84. The molecule has 2 rings (SSSR count). The van der Waals surface area contributed by atoms with E-state index in [0.29, 0.717) is 12.2 Å². The molecule has 2 aromatic rings. The molecule has 0 bridgehead atoms. The second-order valence-electron chi connectivity index (χ2n) is 4.26. The number of aromatic nitrogens is 3. The minimum Gasteiger partial charge on any atom is -0.481 e. The second kappa shape index (κ2) is 5.00. The maximum Gasteiger partial charge on any atom is 0.303 e. The van der Waals surface area contributed by atoms with Crippen LogP contribution in [0.3, 0.4) is 0 Å². The molecule has 0 aliphatic carbocycles. The topological polar surface area (TPSA) is 68.0 Å². The predicted octanol–water partition coefficient (Wildman–Crippen LogP) is 1.81. The zero-order chi connectivity index (χ0) is 13.1. The first kappa shape index (κ1) is 12.3. The van der Waals surface area contributed by atoms with E-state index in [1.54, 1.807) is 0 Å². The van der Waals surface area contributed by atoms with Gasteiger partial charge in [0.15, 0.2) is 5.82 Å². The summed E-state index contributed by atoms with van der Waals surface area (Å²) in [6.07, 6.45) is 0.463. The molecule has 0 fully saturated rings. The summed E-state index contributed by atoms with van der Waals surface area (Å²) in [5.41, 5.74) is 2.17. The fraction of sp³-hybridized carbons (Fsp3) is 0.308. The molecule has 94 valence electrons. The minimum atomic E-state index is -0.824. The van der Waals surface area contributed by atoms with Crippen LogP contribution in [0.15, 0.2) is 24.3 Å². The number of benzene rings is 1. The second-order valence-corrected chi connectivity index (χ2v) is 4.26. The lowest BCUT2D eigenvalue weighted by Gasteiger charge is -2.03. The molecule has 1 heterocycles. The van der Waals surface area contributed by atoms with Crippen LogP contribution in [0.25, 0.3) is 11.4 Å². The Morgan fingerprint density at radius 3 is 2.56 bits per heavy atom. The highest BCUT2D eigenvalue weighted by atomic mass is 16.4. The summed E-state index contributed by atoms with van der Waals surface area (Å²) in [6.45, 7) is 2.03. The van der Waals surface area contributed by atoms with Gasteiger partial charge in [-0.15, -0.1) is 10.2 Å². The van der Waals surface area contributed by atoms with Crippen molar-refractivity contribution in [3.63, 3.8) is 0 Å². The number of hydrogen-bond acceptors (Lipinski definition) is 3. The van der Waals surface area contributed by atoms with Gasteiger partial charge in [-0.2, -0.15) is 0 Å². The van der Waals surface area contributed by atoms with E-state index >= 15 is 0 Å². The molecule has 1 aromatic carbocycles. The van der Waals surface area contributed by atoms with E-state index < -0.39 is 5.97 Å². The third kappa shape index (κ3) is 2.56. The lowest BCUT2D eigenvalue weighted by atomic mass is 10.1. The summed E-state index contributed by atoms with van der Waals surface area (Å²) >= 11 is 0. The van der Waals surface area contributed by atoms with Crippen molar-refractivity contribution in [2.24, 2.45) is 7.05 Å². The van der Waals surface area contributed by atoms with Gasteiger partial charge in [0.1, 0.15) is 5.82 Å². The molecule has 1 N–H and O–H groups in total. The Bertz CT molecular complexity index is 558. The van der Waals surface area contributed by atoms with Gasteiger partial charge in [-0.1, -0.05) is 29.8 Å². The fourth-order valence-corrected chi connectivity index (χ4v) is 1.75. The molecule has 5 heteroatoms. The largest absolute Gasteiger partial charge is 0.481 e. The third-order valence-electron chi connectivity index (χ3n) is 2.84. The molecule has 0 aliphatic rings. The molecule has 0 atom stereocenters. The number of rotatable bonds is 4. The van der Waals surface area contributed by atoms with Crippen molar-refractivity contribution in [2.75, 3.05) is 0 Å². The summed E-state index contributed by atoms with van der Waals surface area (Å²) in [5, 5.41) is 16.8. The molecule has 0 saturated heterocycles. The number of aryl methyl sites for hydroxylation is 2. The molecular weight excluding hydrogens is 230 g/mol. The van der Waals surface area contributed by atoms with Crippen molar-refractivity contribution in [3.05, 3.63) is 35.7 Å². The van der Waals surface area contributed by atoms with Gasteiger partial charge in [0, 0.05) is 19.0 Å². The minimum absolute atomic E-state index is 0.0693. The molecule has 5 nitrogen and oxygen atoms in total. The number of carboxylic acid groups (broad SMARTS) is 1. The van der Waals surface area contributed by atoms with E-state index in [2.05, 4.69) is 10.2 Å². The van der Waals surface area contributed by atoms with E-state index in [1.807, 2.05) is 42.8 Å². The highest BCUT2D eigenvalue weighted by Crippen LogP contribution is 2.18. The lowest BCUT2D eigenvalue weighted by molar-refractivity contribution is -0.137. The van der Waals surface area contributed by atoms with Gasteiger partial charge < -0.3 is 9.67 Å². The van der Waals surface area contributed by atoms with Crippen LogP contribution in [0.1, 0.15) is 17.8 Å². The number of aliphatic carboxylic acids is 1. The fourth-order valence-electron chi connectivity index (χ4n) is 1.75. The molecule has 0 spiro atoms. The molecule has 1 aromatic heterocycles. The monoisotopic (exact) mass is 245 g/mol. The quantitative estimate of drug-likeness (QED) is 0.892. The number of carboxylic acids is 1. The van der Waals surface area contributed by atoms with Gasteiger partial charge in [-0.05, 0) is 6.92 Å². The van der Waals surface area contributed by atoms with Crippen LogP contribution >= 0.6 is 0 Å². The van der Waals surface area contributed by atoms with Crippen LogP contribution in [-0.2, 0) is 18.3 Å². The van der Waals surface area contributed by atoms with E-state index in [4.69, 9.17) is 5.11 Å². The molecule has 0 aliphatic heterocycles. The Labute approximate surface area is 105 Å². The first-order valence-electron chi connectivity index (χ1n) is 5.75. The maximum atomic E-state index is 10.5. The first-order chi connectivity index (χ1) is 8.58. The number of carbonyl (C=O) groups is 1. The molecular formula is C13H15N3O2. The maximum absolute atomic E-state index is 10.5. The summed E-state index contributed by atoms with van der Waals surface area (Å²) in [6, 6.07) is 8.00. The van der Waals surface area contributed by atoms with Gasteiger partial charge in [0.05, 0.1) is 6.42 Å². The Morgan fingerprint density at radius 2 is 1.94 bits per heavy atom. The number of nitrogens with zero attached hydrogens (tertiary/aromatic N) is 3. The third-order valence-corrected chi connectivity index (χ3v) is 2.84. The number of hydrogen-bond donors (Lipinski definition) is 1. The Balaban J connectivity index is 2.25. The predicted molar refractivity (Wildman–Crippen MR) is 67.1 cm³/mol. The zero-order valence-corrected chi connectivity index (χ0v) is 10.4. The van der Waals surface area contributed by atoms with E-state index in [1.165, 1.54) is 5.56 Å². The van der Waals surface area contributed by atoms with Crippen LogP contribution in [-0.4, -0.2) is 25.8 Å². The van der Waals surface area contributed by atoms with Crippen molar-refractivity contribution in [2.45, 2.75) is 19.8 Å². The SMILES string of the molecule is Cc1ccc(-c2nnc(CCC(=O)O)n2C)cc1. The van der Waals surface area contributed by atoms with Crippen LogP contribution in [0.5, 0.6) is 0 Å². The van der Waals surface area contributed by atoms with Crippen molar-refractivity contribution < 1.29 is 9.90 Å². The van der Waals surface area contributed by atoms with Crippen LogP contribution < -0.4 is 0 Å². The molecule has 18 heavy (non-hydrogen) atoms. The summed E-state index contributed by atoms with van der Waals surface area (Å²) in [7, 11) is 1.85. The Morgan fingerprint density at radius 1 is 1.28 bits per heavy atom. The van der Waals surface area contributed by atoms with Gasteiger partial charge in [0.2, 0.25) is 0 Å². The van der Waals surface area contributed by atoms with Crippen molar-refractivity contribution in [3.8, 4) is 11.4 Å². The van der Waals surface area contributed by atoms with Crippen LogP contribution in [0.2, 0.25) is 0 Å². The smallest absolute Gasteiger partial charge is 0.303 e. The summed E-state index contributed by atoms with van der Waals surface area (Å²) in [5.74, 6) is 0.623. The Kier molecular flexibility index (Phi) is 3.41. The van der Waals surface area contributed by atoms with E-state index in [9.17, 15) is 4.79 Å². The van der Waals surface area contributed by atoms with Crippen LogP contribution in [0, 0.1) is 6.92 Å². The molecule has 0 unspecified atom stereocenters. The van der Waals surface area contributed by atoms with Gasteiger partial charge in [-0.3, -0.25) is 4.79 Å². The standard InChI is InChI=1S/C13H15N3O2/c1-9-3-5-10(6-4-9)13-15-14-11(16(13)2)7-8-12(17)18/h3-6H,7-8H2,1-2H3,(H,17,18). The first-order valence-corrected chi connectivity index (χ1v) is 5.75. The van der Waals surface area contributed by atoms with Crippen molar-refractivity contribution >= 4 is 5.97 Å². The van der Waals surface area contributed by atoms with E-state index in [-0.39, 0.29) is 6.42 Å². The lowest BCUT2D eigenvalue weighted by Crippen LogP contribution is -2.04. The van der Waals surface area contributed by atoms with Crippen molar-refractivity contribution in [1.82, 2.24) is 14.8 Å². The molecule has 0 amide bonds. The average Bonchev–Trinajstić information content (AvgIpc) is 2.69. The highest BCUT2D eigenvalue weighted by molar-refractivity contribution is 5.67. The zero-order valence-electron chi connectivity index (χ0n) is 10.4. The van der Waals surface area contributed by atoms with Gasteiger partial charge >= 0.3 is 5.97 Å². The molecule has 0 saturated carbocycles. The average molecular weight is 245 g/mol. The van der Waals surface area contributed by atoms with Gasteiger partial charge in [0.25, 0.3) is 0 Å². The normalized spacial score (nSPS) is 10.6. The highest BCUT2D eigenvalue weighted by Gasteiger charge is 2.11. The van der Waals surface area contributed by atoms with Gasteiger partial charge in [-0.25, -0.2) is 0 Å². The molecule has 0 radical (unpaired) electrons. The van der Waals surface area contributed by atoms with Crippen LogP contribution in [0.4, 0.5) is 0 Å².